The van der Waals surface area contributed by atoms with E-state index in [1.54, 1.807) is 24.3 Å². The van der Waals surface area contributed by atoms with Crippen molar-refractivity contribution in [2.45, 2.75) is 19.3 Å². The molecule has 8 heteroatoms. The van der Waals surface area contributed by atoms with Gasteiger partial charge in [0.2, 0.25) is 11.7 Å². The van der Waals surface area contributed by atoms with Crippen LogP contribution < -0.4 is 14.4 Å². The van der Waals surface area contributed by atoms with E-state index < -0.39 is 11.9 Å². The fourth-order valence-electron chi connectivity index (χ4n) is 3.87. The molecule has 0 spiro atoms. The first kappa shape index (κ1) is 20.1. The molecule has 2 aliphatic rings. The molecule has 156 valence electrons. The first-order valence-electron chi connectivity index (χ1n) is 9.29. The summed E-state index contributed by atoms with van der Waals surface area (Å²) in [5.74, 6) is -0.983. The Balaban J connectivity index is 1.85. The minimum absolute atomic E-state index is 0.00570. The summed E-state index contributed by atoms with van der Waals surface area (Å²) in [5.41, 5.74) is 2.98. The zero-order chi connectivity index (χ0) is 21.6. The molecule has 2 aliphatic heterocycles. The third-order valence-corrected chi connectivity index (χ3v) is 5.84. The lowest BCUT2D eigenvalue weighted by Crippen LogP contribution is -2.37. The zero-order valence-corrected chi connectivity index (χ0v) is 17.4. The van der Waals surface area contributed by atoms with Gasteiger partial charge in [-0.05, 0) is 42.3 Å². The van der Waals surface area contributed by atoms with E-state index in [9.17, 15) is 14.7 Å². The number of phenolic OH excluding ortho intramolecular Hbond substituents is 1. The minimum atomic E-state index is -0.553. The van der Waals surface area contributed by atoms with Crippen molar-refractivity contribution in [3.05, 3.63) is 57.8 Å². The average Bonchev–Trinajstić information content (AvgIpc) is 3.11. The molecular weight excluding hydrogens is 410 g/mol. The third-order valence-electron chi connectivity index (χ3n) is 5.44. The number of methoxy groups -OCH3 is 2. The molecule has 4 rings (SSSR count). The van der Waals surface area contributed by atoms with E-state index in [0.29, 0.717) is 27.5 Å². The summed E-state index contributed by atoms with van der Waals surface area (Å²) >= 11 is 6.25. The third kappa shape index (κ3) is 3.15. The molecule has 0 fully saturated rings. The van der Waals surface area contributed by atoms with Crippen LogP contribution in [-0.2, 0) is 14.3 Å². The van der Waals surface area contributed by atoms with Crippen LogP contribution in [0.2, 0.25) is 5.02 Å². The van der Waals surface area contributed by atoms with Crippen LogP contribution in [0.25, 0.3) is 0 Å². The summed E-state index contributed by atoms with van der Waals surface area (Å²) in [6.07, 6.45) is 0.0382. The predicted molar refractivity (Wildman–Crippen MR) is 110 cm³/mol. The van der Waals surface area contributed by atoms with Crippen molar-refractivity contribution < 1.29 is 28.9 Å². The lowest BCUT2D eigenvalue weighted by molar-refractivity contribution is -0.136. The van der Waals surface area contributed by atoms with E-state index in [4.69, 9.17) is 25.8 Å². The van der Waals surface area contributed by atoms with E-state index in [2.05, 4.69) is 0 Å². The Morgan fingerprint density at radius 2 is 1.80 bits per heavy atom. The first-order valence-corrected chi connectivity index (χ1v) is 9.67. The summed E-state index contributed by atoms with van der Waals surface area (Å²) in [6.45, 7) is 1.87. The Bertz CT molecular complexity index is 1070. The maximum atomic E-state index is 13.2. The number of esters is 1. The van der Waals surface area contributed by atoms with Crippen LogP contribution in [0.1, 0.15) is 23.5 Å². The molecule has 1 amide bonds. The van der Waals surface area contributed by atoms with Gasteiger partial charge in [0.05, 0.1) is 31.2 Å². The van der Waals surface area contributed by atoms with Crippen LogP contribution in [0.3, 0.4) is 0 Å². The topological polar surface area (TPSA) is 85.3 Å². The summed E-state index contributed by atoms with van der Waals surface area (Å²) < 4.78 is 15.7. The van der Waals surface area contributed by atoms with Crippen molar-refractivity contribution in [3.8, 4) is 17.2 Å². The average molecular weight is 430 g/mol. The molecule has 30 heavy (non-hydrogen) atoms. The van der Waals surface area contributed by atoms with Gasteiger partial charge in [-0.1, -0.05) is 17.7 Å². The molecule has 0 radical (unpaired) electrons. The van der Waals surface area contributed by atoms with Crippen LogP contribution in [0.5, 0.6) is 17.2 Å². The number of hydrogen-bond donors (Lipinski definition) is 1. The highest BCUT2D eigenvalue weighted by atomic mass is 35.5. The molecule has 2 aromatic carbocycles. The number of halogens is 1. The molecule has 1 N–H and O–H groups in total. The molecule has 2 aromatic rings. The van der Waals surface area contributed by atoms with Crippen LogP contribution in [0.15, 0.2) is 41.6 Å². The smallest absolute Gasteiger partial charge is 0.336 e. The molecule has 0 saturated heterocycles. The predicted octanol–water partition coefficient (Wildman–Crippen LogP) is 3.70. The molecule has 2 heterocycles. The first-order chi connectivity index (χ1) is 14.3. The molecule has 0 bridgehead atoms. The monoisotopic (exact) mass is 429 g/mol. The van der Waals surface area contributed by atoms with Crippen molar-refractivity contribution >= 4 is 29.2 Å². The highest BCUT2D eigenvalue weighted by molar-refractivity contribution is 6.31. The lowest BCUT2D eigenvalue weighted by atomic mass is 9.83. The SMILES string of the molecule is COc1cc(C2CC(=O)N(c3ccc(C)c(Cl)c3)C3=C2C(=O)OC3)cc(OC)c1O. The van der Waals surface area contributed by atoms with Gasteiger partial charge in [-0.3, -0.25) is 9.69 Å². The number of cyclic esters (lactones) is 1. The van der Waals surface area contributed by atoms with E-state index in [0.717, 1.165) is 5.56 Å². The second-order valence-electron chi connectivity index (χ2n) is 7.13. The number of carbonyl (C=O) groups excluding carboxylic acids is 2. The summed E-state index contributed by atoms with van der Waals surface area (Å²) in [5, 5.41) is 10.7. The van der Waals surface area contributed by atoms with E-state index in [1.165, 1.54) is 19.1 Å². The molecule has 1 atom stereocenters. The van der Waals surface area contributed by atoms with E-state index >= 15 is 0 Å². The Hall–Kier alpha value is -3.19. The number of benzene rings is 2. The standard InChI is InChI=1S/C22H20ClNO6/c1-11-4-5-13(8-15(11)23)24-16-10-30-22(27)20(16)14(9-19(24)25)12-6-17(28-2)21(26)18(7-12)29-3/h4-8,14,26H,9-10H2,1-3H3. The number of aromatic hydroxyl groups is 1. The number of aryl methyl sites for hydroxylation is 1. The van der Waals surface area contributed by atoms with E-state index in [1.807, 2.05) is 13.0 Å². The van der Waals surface area contributed by atoms with Gasteiger partial charge in [-0.15, -0.1) is 0 Å². The van der Waals surface area contributed by atoms with Crippen LogP contribution in [0.4, 0.5) is 5.69 Å². The number of anilines is 1. The second-order valence-corrected chi connectivity index (χ2v) is 7.54. The Kier molecular flexibility index (Phi) is 5.07. The largest absolute Gasteiger partial charge is 0.502 e. The van der Waals surface area contributed by atoms with Gasteiger partial charge in [0.15, 0.2) is 11.5 Å². The van der Waals surface area contributed by atoms with Crippen molar-refractivity contribution in [3.63, 3.8) is 0 Å². The van der Waals surface area contributed by atoms with Gasteiger partial charge >= 0.3 is 5.97 Å². The fourth-order valence-corrected chi connectivity index (χ4v) is 4.05. The van der Waals surface area contributed by atoms with Gasteiger partial charge in [0.25, 0.3) is 0 Å². The number of phenols is 1. The van der Waals surface area contributed by atoms with E-state index in [-0.39, 0.29) is 36.2 Å². The molecule has 0 aromatic heterocycles. The van der Waals surface area contributed by atoms with Crippen LogP contribution in [-0.4, -0.2) is 37.8 Å². The normalized spacial score (nSPS) is 18.4. The molecule has 0 aliphatic carbocycles. The summed E-state index contributed by atoms with van der Waals surface area (Å²) in [7, 11) is 2.84. The van der Waals surface area contributed by atoms with Crippen molar-refractivity contribution in [2.75, 3.05) is 25.7 Å². The number of ether oxygens (including phenoxy) is 3. The maximum absolute atomic E-state index is 13.2. The highest BCUT2D eigenvalue weighted by Crippen LogP contribution is 2.46. The number of amides is 1. The number of rotatable bonds is 4. The second kappa shape index (κ2) is 7.57. The van der Waals surface area contributed by atoms with Crippen LogP contribution >= 0.6 is 11.6 Å². The molecular formula is C22H20ClNO6. The zero-order valence-electron chi connectivity index (χ0n) is 16.7. The van der Waals surface area contributed by atoms with Gasteiger partial charge in [0.1, 0.15) is 6.61 Å². The molecule has 0 saturated carbocycles. The lowest BCUT2D eigenvalue weighted by Gasteiger charge is -2.32. The maximum Gasteiger partial charge on any atom is 0.336 e. The van der Waals surface area contributed by atoms with Gasteiger partial charge in [-0.25, -0.2) is 4.79 Å². The Labute approximate surface area is 178 Å². The highest BCUT2D eigenvalue weighted by Gasteiger charge is 2.43. The van der Waals surface area contributed by atoms with Gasteiger partial charge in [-0.2, -0.15) is 0 Å². The minimum Gasteiger partial charge on any atom is -0.502 e. The van der Waals surface area contributed by atoms with Crippen molar-refractivity contribution in [1.29, 1.82) is 0 Å². The fraction of sp³-hybridized carbons (Fsp3) is 0.273. The van der Waals surface area contributed by atoms with Crippen LogP contribution in [0, 0.1) is 6.92 Å². The summed E-state index contributed by atoms with van der Waals surface area (Å²) in [4.78, 5) is 27.3. The summed E-state index contributed by atoms with van der Waals surface area (Å²) in [6, 6.07) is 8.52. The molecule has 1 unspecified atom stereocenters. The van der Waals surface area contributed by atoms with Gasteiger partial charge in [0, 0.05) is 17.4 Å². The van der Waals surface area contributed by atoms with Crippen molar-refractivity contribution in [2.24, 2.45) is 0 Å². The quantitative estimate of drug-likeness (QED) is 0.746. The van der Waals surface area contributed by atoms with Gasteiger partial charge < -0.3 is 19.3 Å². The molecule has 7 nitrogen and oxygen atoms in total. The number of nitrogens with zero attached hydrogens (tertiary/aromatic N) is 1. The Morgan fingerprint density at radius 3 is 2.40 bits per heavy atom. The number of hydrogen-bond acceptors (Lipinski definition) is 6. The Morgan fingerprint density at radius 1 is 1.13 bits per heavy atom. The van der Waals surface area contributed by atoms with Crippen molar-refractivity contribution in [1.82, 2.24) is 0 Å². The number of carbonyl (C=O) groups is 2.